The molecule has 15 heavy (non-hydrogen) atoms. The van der Waals surface area contributed by atoms with Gasteiger partial charge in [-0.1, -0.05) is 0 Å². The standard InChI is InChI=1S/C10H9NO4/c1-2-14-10(12)8-6-15-9(11-8)7-3-4-13-5-7/h3-6H,2H2,1H3. The maximum atomic E-state index is 11.3. The van der Waals surface area contributed by atoms with E-state index in [4.69, 9.17) is 13.6 Å². The molecule has 0 fully saturated rings. The molecule has 5 heteroatoms. The van der Waals surface area contributed by atoms with E-state index in [1.807, 2.05) is 0 Å². The fourth-order valence-corrected chi connectivity index (χ4v) is 1.09. The zero-order valence-corrected chi connectivity index (χ0v) is 8.10. The zero-order chi connectivity index (χ0) is 10.7. The summed E-state index contributed by atoms with van der Waals surface area (Å²) in [5, 5.41) is 0. The highest BCUT2D eigenvalue weighted by atomic mass is 16.5. The third kappa shape index (κ3) is 1.90. The quantitative estimate of drug-likeness (QED) is 0.721. The number of furan rings is 1. The summed E-state index contributed by atoms with van der Waals surface area (Å²) in [5.41, 5.74) is 0.846. The summed E-state index contributed by atoms with van der Waals surface area (Å²) in [4.78, 5) is 15.2. The van der Waals surface area contributed by atoms with E-state index in [0.717, 1.165) is 0 Å². The highest BCUT2D eigenvalue weighted by Crippen LogP contribution is 2.18. The highest BCUT2D eigenvalue weighted by Gasteiger charge is 2.14. The molecule has 2 rings (SSSR count). The Morgan fingerprint density at radius 1 is 1.53 bits per heavy atom. The lowest BCUT2D eigenvalue weighted by Crippen LogP contribution is -2.04. The number of carbonyl (C=O) groups is 1. The second-order valence-corrected chi connectivity index (χ2v) is 2.77. The maximum absolute atomic E-state index is 11.3. The summed E-state index contributed by atoms with van der Waals surface area (Å²) >= 11 is 0. The predicted molar refractivity (Wildman–Crippen MR) is 50.2 cm³/mol. The predicted octanol–water partition coefficient (Wildman–Crippen LogP) is 2.11. The van der Waals surface area contributed by atoms with Crippen LogP contribution < -0.4 is 0 Å². The lowest BCUT2D eigenvalue weighted by atomic mass is 10.3. The van der Waals surface area contributed by atoms with Gasteiger partial charge in [-0.05, 0) is 13.0 Å². The molecule has 0 saturated carbocycles. The van der Waals surface area contributed by atoms with Gasteiger partial charge in [-0.25, -0.2) is 9.78 Å². The largest absolute Gasteiger partial charge is 0.472 e. The summed E-state index contributed by atoms with van der Waals surface area (Å²) in [7, 11) is 0. The minimum Gasteiger partial charge on any atom is -0.472 e. The summed E-state index contributed by atoms with van der Waals surface area (Å²) in [6.07, 6.45) is 4.25. The summed E-state index contributed by atoms with van der Waals surface area (Å²) in [6, 6.07) is 1.70. The minimum atomic E-state index is -0.490. The van der Waals surface area contributed by atoms with E-state index in [1.165, 1.54) is 18.8 Å². The van der Waals surface area contributed by atoms with Crippen molar-refractivity contribution in [3.63, 3.8) is 0 Å². The highest BCUT2D eigenvalue weighted by molar-refractivity contribution is 5.87. The summed E-state index contributed by atoms with van der Waals surface area (Å²) in [5.74, 6) is -0.150. The number of hydrogen-bond acceptors (Lipinski definition) is 5. The average molecular weight is 207 g/mol. The number of aromatic nitrogens is 1. The number of rotatable bonds is 3. The summed E-state index contributed by atoms with van der Waals surface area (Å²) in [6.45, 7) is 2.04. The van der Waals surface area contributed by atoms with Gasteiger partial charge in [0, 0.05) is 0 Å². The zero-order valence-electron chi connectivity index (χ0n) is 8.10. The Morgan fingerprint density at radius 3 is 3.07 bits per heavy atom. The van der Waals surface area contributed by atoms with Gasteiger partial charge in [0.1, 0.15) is 12.5 Å². The van der Waals surface area contributed by atoms with Crippen molar-refractivity contribution >= 4 is 5.97 Å². The number of nitrogens with zero attached hydrogens (tertiary/aromatic N) is 1. The van der Waals surface area contributed by atoms with E-state index in [1.54, 1.807) is 13.0 Å². The number of hydrogen-bond donors (Lipinski definition) is 0. The van der Waals surface area contributed by atoms with E-state index < -0.39 is 5.97 Å². The first kappa shape index (κ1) is 9.51. The van der Waals surface area contributed by atoms with E-state index in [0.29, 0.717) is 18.1 Å². The van der Waals surface area contributed by atoms with Gasteiger partial charge in [-0.3, -0.25) is 0 Å². The maximum Gasteiger partial charge on any atom is 0.360 e. The van der Waals surface area contributed by atoms with Crippen LogP contribution in [0.25, 0.3) is 11.5 Å². The van der Waals surface area contributed by atoms with Crippen LogP contribution >= 0.6 is 0 Å². The van der Waals surface area contributed by atoms with Crippen LogP contribution in [0.4, 0.5) is 0 Å². The Morgan fingerprint density at radius 2 is 2.40 bits per heavy atom. The van der Waals surface area contributed by atoms with E-state index in [9.17, 15) is 4.79 Å². The molecule has 0 atom stereocenters. The van der Waals surface area contributed by atoms with Gasteiger partial charge in [-0.2, -0.15) is 0 Å². The fourth-order valence-electron chi connectivity index (χ4n) is 1.09. The van der Waals surface area contributed by atoms with Gasteiger partial charge in [0.2, 0.25) is 5.89 Å². The molecular formula is C10H9NO4. The summed E-state index contributed by atoms with van der Waals surface area (Å²) < 4.78 is 14.7. The van der Waals surface area contributed by atoms with Gasteiger partial charge < -0.3 is 13.6 Å². The van der Waals surface area contributed by atoms with E-state index >= 15 is 0 Å². The van der Waals surface area contributed by atoms with Gasteiger partial charge in [0.05, 0.1) is 18.4 Å². The van der Waals surface area contributed by atoms with Crippen molar-refractivity contribution in [1.82, 2.24) is 4.98 Å². The average Bonchev–Trinajstić information content (AvgIpc) is 2.89. The van der Waals surface area contributed by atoms with Crippen molar-refractivity contribution in [2.24, 2.45) is 0 Å². The molecule has 2 aromatic heterocycles. The fraction of sp³-hybridized carbons (Fsp3) is 0.200. The third-order valence-electron chi connectivity index (χ3n) is 1.76. The molecule has 2 heterocycles. The Hall–Kier alpha value is -2.04. The van der Waals surface area contributed by atoms with E-state index in [2.05, 4.69) is 4.98 Å². The normalized spacial score (nSPS) is 10.2. The minimum absolute atomic E-state index is 0.160. The van der Waals surface area contributed by atoms with Crippen LogP contribution in [0.3, 0.4) is 0 Å². The molecule has 78 valence electrons. The van der Waals surface area contributed by atoms with Crippen LogP contribution in [0.1, 0.15) is 17.4 Å². The molecule has 0 unspecified atom stereocenters. The molecular weight excluding hydrogens is 198 g/mol. The topological polar surface area (TPSA) is 65.5 Å². The molecule has 0 aromatic carbocycles. The Bertz CT molecular complexity index is 444. The molecule has 0 spiro atoms. The van der Waals surface area contributed by atoms with Crippen molar-refractivity contribution in [2.75, 3.05) is 6.61 Å². The van der Waals surface area contributed by atoms with Crippen LogP contribution in [-0.4, -0.2) is 17.6 Å². The van der Waals surface area contributed by atoms with Gasteiger partial charge in [-0.15, -0.1) is 0 Å². The number of esters is 1. The molecule has 0 amide bonds. The molecule has 0 N–H and O–H groups in total. The number of carbonyl (C=O) groups excluding carboxylic acids is 1. The van der Waals surface area contributed by atoms with Crippen molar-refractivity contribution in [2.45, 2.75) is 6.92 Å². The van der Waals surface area contributed by atoms with Crippen molar-refractivity contribution in [3.05, 3.63) is 30.5 Å². The number of ether oxygens (including phenoxy) is 1. The van der Waals surface area contributed by atoms with Crippen LogP contribution in [0.15, 0.2) is 33.7 Å². The van der Waals surface area contributed by atoms with Gasteiger partial charge in [0.15, 0.2) is 5.69 Å². The lowest BCUT2D eigenvalue weighted by molar-refractivity contribution is 0.0519. The molecule has 0 aliphatic heterocycles. The van der Waals surface area contributed by atoms with Crippen molar-refractivity contribution < 1.29 is 18.4 Å². The molecule has 0 bridgehead atoms. The van der Waals surface area contributed by atoms with Gasteiger partial charge >= 0.3 is 5.97 Å². The third-order valence-corrected chi connectivity index (χ3v) is 1.76. The molecule has 0 aliphatic rings. The monoisotopic (exact) mass is 207 g/mol. The SMILES string of the molecule is CCOC(=O)c1coc(-c2ccoc2)n1. The van der Waals surface area contributed by atoms with E-state index in [-0.39, 0.29) is 5.69 Å². The molecule has 2 aromatic rings. The molecule has 0 aliphatic carbocycles. The lowest BCUT2D eigenvalue weighted by Gasteiger charge is -1.94. The van der Waals surface area contributed by atoms with Crippen LogP contribution in [0.2, 0.25) is 0 Å². The first-order valence-corrected chi connectivity index (χ1v) is 4.46. The second-order valence-electron chi connectivity index (χ2n) is 2.77. The molecule has 5 nitrogen and oxygen atoms in total. The van der Waals surface area contributed by atoms with Crippen LogP contribution in [-0.2, 0) is 4.74 Å². The first-order valence-electron chi connectivity index (χ1n) is 4.46. The number of oxazole rings is 1. The van der Waals surface area contributed by atoms with Crippen LogP contribution in [0, 0.1) is 0 Å². The molecule has 0 radical (unpaired) electrons. The Labute approximate surface area is 85.7 Å². The van der Waals surface area contributed by atoms with Crippen LogP contribution in [0.5, 0.6) is 0 Å². The van der Waals surface area contributed by atoms with Crippen molar-refractivity contribution in [1.29, 1.82) is 0 Å². The Balaban J connectivity index is 2.21. The molecule has 0 saturated heterocycles. The van der Waals surface area contributed by atoms with Gasteiger partial charge in [0.25, 0.3) is 0 Å². The second kappa shape index (κ2) is 4.00. The first-order chi connectivity index (χ1) is 7.31. The van der Waals surface area contributed by atoms with Crippen molar-refractivity contribution in [3.8, 4) is 11.5 Å². The smallest absolute Gasteiger partial charge is 0.360 e. The Kier molecular flexibility index (Phi) is 2.53.